The number of imide groups is 1. The number of carbonyl (C=O) groups excluding carboxylic acids is 3. The summed E-state index contributed by atoms with van der Waals surface area (Å²) in [7, 11) is -3.79. The number of primary sulfonamides is 1. The number of hydrogen-bond acceptors (Lipinski definition) is 6. The molecule has 2 aliphatic rings. The van der Waals surface area contributed by atoms with Crippen LogP contribution in [-0.4, -0.2) is 59.5 Å². The van der Waals surface area contributed by atoms with E-state index in [0.717, 1.165) is 65.0 Å². The van der Waals surface area contributed by atoms with Crippen molar-refractivity contribution in [3.05, 3.63) is 52.2 Å². The molecule has 0 saturated carbocycles. The molecule has 186 valence electrons. The number of aryl methyl sites for hydroxylation is 1. The Bertz CT molecular complexity index is 1300. The van der Waals surface area contributed by atoms with E-state index in [1.54, 1.807) is 23.1 Å². The Morgan fingerprint density at radius 3 is 2.29 bits per heavy atom. The van der Waals surface area contributed by atoms with Crippen LogP contribution in [0.2, 0.25) is 0 Å². The van der Waals surface area contributed by atoms with E-state index in [1.807, 2.05) is 24.5 Å². The van der Waals surface area contributed by atoms with Gasteiger partial charge >= 0.3 is 0 Å². The summed E-state index contributed by atoms with van der Waals surface area (Å²) in [5, 5.41) is 4.74. The van der Waals surface area contributed by atoms with Gasteiger partial charge in [-0.2, -0.15) is 0 Å². The van der Waals surface area contributed by atoms with Crippen LogP contribution in [0.3, 0.4) is 0 Å². The van der Waals surface area contributed by atoms with Crippen molar-refractivity contribution in [1.82, 2.24) is 14.4 Å². The molecule has 0 atom stereocenters. The van der Waals surface area contributed by atoms with Gasteiger partial charge in [0.2, 0.25) is 15.9 Å². The molecule has 4 rings (SSSR count). The third-order valence-electron chi connectivity index (χ3n) is 6.31. The minimum Gasteiger partial charge on any atom is -0.341 e. The van der Waals surface area contributed by atoms with Gasteiger partial charge < -0.3 is 9.47 Å². The second-order valence-corrected chi connectivity index (χ2v) is 11.3. The van der Waals surface area contributed by atoms with Crippen LogP contribution in [0.4, 0.5) is 4.79 Å². The summed E-state index contributed by atoms with van der Waals surface area (Å²) in [6.45, 7) is 4.85. The molecule has 0 radical (unpaired) electrons. The predicted octanol–water partition coefficient (Wildman–Crippen LogP) is 3.18. The molecule has 3 amide bonds. The van der Waals surface area contributed by atoms with Gasteiger partial charge in [-0.3, -0.25) is 19.3 Å². The Kier molecular flexibility index (Phi) is 7.20. The molecule has 2 saturated heterocycles. The standard InChI is InChI=1S/C24H28N4O5S2/c1-16-13-18(17(2)28(16)19-7-9-20(10-8-19)35(25,32)33)14-21-23(30)27(24(31)34-21)15-22(29)26-11-5-3-4-6-12-26/h7-10,13-14H,3-6,11-12,15H2,1-2H3,(H2,25,32,33). The maximum absolute atomic E-state index is 13.0. The first-order valence-electron chi connectivity index (χ1n) is 11.4. The lowest BCUT2D eigenvalue weighted by Gasteiger charge is -2.22. The van der Waals surface area contributed by atoms with Crippen LogP contribution in [0.1, 0.15) is 42.6 Å². The van der Waals surface area contributed by atoms with Gasteiger partial charge in [-0.15, -0.1) is 0 Å². The van der Waals surface area contributed by atoms with Crippen LogP contribution in [0.5, 0.6) is 0 Å². The molecule has 0 spiro atoms. The highest BCUT2D eigenvalue weighted by molar-refractivity contribution is 8.18. The minimum absolute atomic E-state index is 0.0207. The number of benzene rings is 1. The van der Waals surface area contributed by atoms with Crippen LogP contribution in [0.25, 0.3) is 11.8 Å². The second-order valence-electron chi connectivity index (χ2n) is 8.76. The third kappa shape index (κ3) is 5.36. The molecule has 1 aromatic carbocycles. The van der Waals surface area contributed by atoms with E-state index >= 15 is 0 Å². The van der Waals surface area contributed by atoms with Crippen molar-refractivity contribution in [2.45, 2.75) is 44.4 Å². The quantitative estimate of drug-likeness (QED) is 0.609. The van der Waals surface area contributed by atoms with Crippen molar-refractivity contribution in [2.24, 2.45) is 5.14 Å². The lowest BCUT2D eigenvalue weighted by atomic mass is 10.2. The highest BCUT2D eigenvalue weighted by Crippen LogP contribution is 2.34. The van der Waals surface area contributed by atoms with Crippen molar-refractivity contribution in [3.8, 4) is 5.69 Å². The number of aromatic nitrogens is 1. The number of likely N-dealkylation sites (tertiary alicyclic amines) is 1. The molecule has 2 aromatic rings. The smallest absolute Gasteiger partial charge is 0.294 e. The normalized spacial score (nSPS) is 18.4. The van der Waals surface area contributed by atoms with E-state index in [-0.39, 0.29) is 22.3 Å². The van der Waals surface area contributed by atoms with Crippen molar-refractivity contribution in [3.63, 3.8) is 0 Å². The maximum atomic E-state index is 13.0. The molecular weight excluding hydrogens is 488 g/mol. The van der Waals surface area contributed by atoms with Crippen LogP contribution < -0.4 is 5.14 Å². The zero-order valence-corrected chi connectivity index (χ0v) is 21.3. The third-order valence-corrected chi connectivity index (χ3v) is 8.14. The Morgan fingerprint density at radius 1 is 1.06 bits per heavy atom. The average molecular weight is 517 g/mol. The summed E-state index contributed by atoms with van der Waals surface area (Å²) in [6.07, 6.45) is 5.71. The van der Waals surface area contributed by atoms with Gasteiger partial charge in [0.1, 0.15) is 6.54 Å². The molecular formula is C24H28N4O5S2. The summed E-state index contributed by atoms with van der Waals surface area (Å²) in [4.78, 5) is 41.3. The summed E-state index contributed by atoms with van der Waals surface area (Å²) in [6, 6.07) is 8.09. The predicted molar refractivity (Wildman–Crippen MR) is 134 cm³/mol. The number of sulfonamides is 1. The summed E-state index contributed by atoms with van der Waals surface area (Å²) in [5.74, 6) is -0.665. The SMILES string of the molecule is Cc1cc(C=C2SC(=O)N(CC(=O)N3CCCCCC3)C2=O)c(C)n1-c1ccc(S(N)(=O)=O)cc1. The molecule has 0 bridgehead atoms. The summed E-state index contributed by atoms with van der Waals surface area (Å²) in [5.41, 5.74) is 3.18. The van der Waals surface area contributed by atoms with Gasteiger partial charge in [0.15, 0.2) is 0 Å². The monoisotopic (exact) mass is 516 g/mol. The fourth-order valence-electron chi connectivity index (χ4n) is 4.45. The molecule has 2 aliphatic heterocycles. The zero-order valence-electron chi connectivity index (χ0n) is 19.7. The molecule has 0 aliphatic carbocycles. The molecule has 35 heavy (non-hydrogen) atoms. The van der Waals surface area contributed by atoms with Gasteiger partial charge in [0, 0.05) is 30.2 Å². The fraction of sp³-hybridized carbons (Fsp3) is 0.375. The minimum atomic E-state index is -3.79. The molecule has 2 N–H and O–H groups in total. The number of thioether (sulfide) groups is 1. The van der Waals surface area contributed by atoms with E-state index in [1.165, 1.54) is 12.1 Å². The number of amides is 3. The second kappa shape index (κ2) is 10.00. The van der Waals surface area contributed by atoms with Crippen molar-refractivity contribution >= 4 is 44.9 Å². The summed E-state index contributed by atoms with van der Waals surface area (Å²) >= 11 is 0.832. The van der Waals surface area contributed by atoms with Crippen molar-refractivity contribution in [2.75, 3.05) is 19.6 Å². The molecule has 1 aromatic heterocycles. The first kappa shape index (κ1) is 25.2. The molecule has 2 fully saturated rings. The Balaban J connectivity index is 1.54. The number of nitrogens with two attached hydrogens (primary N) is 1. The van der Waals surface area contributed by atoms with Gasteiger partial charge in [-0.05, 0) is 80.4 Å². The van der Waals surface area contributed by atoms with Crippen molar-refractivity contribution < 1.29 is 22.8 Å². The molecule has 11 heteroatoms. The van der Waals surface area contributed by atoms with Gasteiger partial charge in [-0.25, -0.2) is 13.6 Å². The van der Waals surface area contributed by atoms with Crippen LogP contribution in [0.15, 0.2) is 40.1 Å². The Morgan fingerprint density at radius 2 is 1.69 bits per heavy atom. The topological polar surface area (TPSA) is 123 Å². The van der Waals surface area contributed by atoms with Crippen molar-refractivity contribution in [1.29, 1.82) is 0 Å². The van der Waals surface area contributed by atoms with E-state index in [9.17, 15) is 22.8 Å². The molecule has 0 unspecified atom stereocenters. The first-order valence-corrected chi connectivity index (χ1v) is 13.8. The van der Waals surface area contributed by atoms with Crippen LogP contribution in [0, 0.1) is 13.8 Å². The number of carbonyl (C=O) groups is 3. The highest BCUT2D eigenvalue weighted by atomic mass is 32.2. The van der Waals surface area contributed by atoms with Gasteiger partial charge in [0.05, 0.1) is 9.80 Å². The Labute approximate surface area is 209 Å². The van der Waals surface area contributed by atoms with E-state index < -0.39 is 21.2 Å². The van der Waals surface area contributed by atoms with Crippen LogP contribution >= 0.6 is 11.8 Å². The number of nitrogens with zero attached hydrogens (tertiary/aromatic N) is 3. The van der Waals surface area contributed by atoms with E-state index in [4.69, 9.17) is 5.14 Å². The first-order chi connectivity index (χ1) is 16.6. The highest BCUT2D eigenvalue weighted by Gasteiger charge is 2.37. The van der Waals surface area contributed by atoms with Gasteiger partial charge in [-0.1, -0.05) is 12.8 Å². The van der Waals surface area contributed by atoms with Crippen LogP contribution in [-0.2, 0) is 19.6 Å². The molecule has 3 heterocycles. The number of rotatable bonds is 5. The number of hydrogen-bond donors (Lipinski definition) is 1. The fourth-order valence-corrected chi connectivity index (χ4v) is 5.79. The maximum Gasteiger partial charge on any atom is 0.294 e. The van der Waals surface area contributed by atoms with Gasteiger partial charge in [0.25, 0.3) is 11.1 Å². The van der Waals surface area contributed by atoms with E-state index in [0.29, 0.717) is 13.1 Å². The zero-order chi connectivity index (χ0) is 25.3. The Hall–Kier alpha value is -2.89. The van der Waals surface area contributed by atoms with E-state index in [2.05, 4.69) is 0 Å². The average Bonchev–Trinajstić information content (AvgIpc) is 3.08. The lowest BCUT2D eigenvalue weighted by Crippen LogP contribution is -2.42. The molecule has 9 nitrogen and oxygen atoms in total. The lowest BCUT2D eigenvalue weighted by molar-refractivity contribution is -0.135. The summed E-state index contributed by atoms with van der Waals surface area (Å²) < 4.78 is 25.0. The largest absolute Gasteiger partial charge is 0.341 e.